The molecule has 6 nitrogen and oxygen atoms in total. The van der Waals surface area contributed by atoms with Crippen LogP contribution in [0, 0.1) is 0 Å². The third kappa shape index (κ3) is 5.19. The molecule has 0 aliphatic heterocycles. The molecule has 2 fully saturated rings. The van der Waals surface area contributed by atoms with Crippen LogP contribution in [0.5, 0.6) is 0 Å². The number of carboxylic acids is 1. The molecule has 2 saturated carbocycles. The molecule has 0 spiro atoms. The van der Waals surface area contributed by atoms with E-state index in [4.69, 9.17) is 5.11 Å². The Hall–Kier alpha value is -1.30. The molecular formula is C15H27N3O3. The maximum atomic E-state index is 12.1. The van der Waals surface area contributed by atoms with E-state index in [1.807, 2.05) is 0 Å². The van der Waals surface area contributed by atoms with Crippen LogP contribution in [0.15, 0.2) is 0 Å². The van der Waals surface area contributed by atoms with Crippen LogP contribution >= 0.6 is 0 Å². The maximum Gasteiger partial charge on any atom is 0.317 e. The van der Waals surface area contributed by atoms with E-state index in [0.29, 0.717) is 19.1 Å². The molecule has 0 unspecified atom stereocenters. The first-order valence-electron chi connectivity index (χ1n) is 8.04. The molecule has 0 bridgehead atoms. The van der Waals surface area contributed by atoms with Crippen LogP contribution in [-0.4, -0.2) is 65.7 Å². The zero-order valence-electron chi connectivity index (χ0n) is 12.9. The fourth-order valence-electron chi connectivity index (χ4n) is 3.02. The normalized spacial score (nSPS) is 19.0. The van der Waals surface area contributed by atoms with Gasteiger partial charge in [0, 0.05) is 31.7 Å². The summed E-state index contributed by atoms with van der Waals surface area (Å²) in [6.07, 6.45) is 7.16. The third-order valence-corrected chi connectivity index (χ3v) is 4.50. The van der Waals surface area contributed by atoms with E-state index < -0.39 is 5.97 Å². The van der Waals surface area contributed by atoms with Crippen molar-refractivity contribution in [3.05, 3.63) is 0 Å². The average Bonchev–Trinajstić information content (AvgIpc) is 3.11. The monoisotopic (exact) mass is 297 g/mol. The second-order valence-corrected chi connectivity index (χ2v) is 6.22. The van der Waals surface area contributed by atoms with Gasteiger partial charge in [-0.25, -0.2) is 4.79 Å². The minimum Gasteiger partial charge on any atom is -0.481 e. The fraction of sp³-hybridized carbons (Fsp3) is 0.867. The Morgan fingerprint density at radius 2 is 1.76 bits per heavy atom. The van der Waals surface area contributed by atoms with Gasteiger partial charge in [0.1, 0.15) is 0 Å². The molecular weight excluding hydrogens is 270 g/mol. The summed E-state index contributed by atoms with van der Waals surface area (Å²) in [6.45, 7) is 1.79. The first-order valence-corrected chi connectivity index (χ1v) is 8.04. The van der Waals surface area contributed by atoms with Gasteiger partial charge in [-0.1, -0.05) is 12.8 Å². The largest absolute Gasteiger partial charge is 0.481 e. The Morgan fingerprint density at radius 1 is 1.10 bits per heavy atom. The van der Waals surface area contributed by atoms with E-state index in [1.54, 1.807) is 4.90 Å². The standard InChI is InChI=1S/C15H27N3O3/c1-17(12-4-2-3-5-12)11-9-16-15(21)18(13-6-7-13)10-8-14(19)20/h12-13H,2-11H2,1H3,(H,16,21)(H,19,20). The Kier molecular flexibility index (Phi) is 5.85. The van der Waals surface area contributed by atoms with Gasteiger partial charge in [-0.15, -0.1) is 0 Å². The van der Waals surface area contributed by atoms with Gasteiger partial charge in [0.2, 0.25) is 0 Å². The van der Waals surface area contributed by atoms with Crippen LogP contribution in [0.2, 0.25) is 0 Å². The van der Waals surface area contributed by atoms with Crippen molar-refractivity contribution in [3.63, 3.8) is 0 Å². The maximum absolute atomic E-state index is 12.1. The predicted molar refractivity (Wildman–Crippen MR) is 80.3 cm³/mol. The molecule has 2 aliphatic rings. The molecule has 2 amide bonds. The molecule has 2 N–H and O–H groups in total. The lowest BCUT2D eigenvalue weighted by Gasteiger charge is -2.26. The quantitative estimate of drug-likeness (QED) is 0.712. The highest BCUT2D eigenvalue weighted by Gasteiger charge is 2.32. The van der Waals surface area contributed by atoms with Gasteiger partial charge < -0.3 is 20.2 Å². The molecule has 6 heteroatoms. The number of nitrogens with zero attached hydrogens (tertiary/aromatic N) is 2. The number of aliphatic carboxylic acids is 1. The molecule has 2 rings (SSSR count). The third-order valence-electron chi connectivity index (χ3n) is 4.50. The Labute approximate surface area is 126 Å². The fourth-order valence-corrected chi connectivity index (χ4v) is 3.02. The topological polar surface area (TPSA) is 72.9 Å². The number of rotatable bonds is 8. The SMILES string of the molecule is CN(CCNC(=O)N(CCC(=O)O)C1CC1)C1CCCC1. The molecule has 120 valence electrons. The van der Waals surface area contributed by atoms with Crippen molar-refractivity contribution < 1.29 is 14.7 Å². The van der Waals surface area contributed by atoms with Crippen LogP contribution in [0.25, 0.3) is 0 Å². The zero-order chi connectivity index (χ0) is 15.2. The number of nitrogens with one attached hydrogen (secondary N) is 1. The molecule has 2 aliphatic carbocycles. The van der Waals surface area contributed by atoms with Gasteiger partial charge in [0.15, 0.2) is 0 Å². The van der Waals surface area contributed by atoms with Crippen molar-refractivity contribution in [1.29, 1.82) is 0 Å². The summed E-state index contributed by atoms with van der Waals surface area (Å²) in [6, 6.07) is 0.795. The van der Waals surface area contributed by atoms with E-state index in [-0.39, 0.29) is 18.5 Å². The smallest absolute Gasteiger partial charge is 0.317 e. The number of carbonyl (C=O) groups excluding carboxylic acids is 1. The lowest BCUT2D eigenvalue weighted by atomic mass is 10.2. The van der Waals surface area contributed by atoms with Crippen LogP contribution in [0.1, 0.15) is 44.9 Å². The minimum atomic E-state index is -0.852. The van der Waals surface area contributed by atoms with Crippen molar-refractivity contribution in [2.24, 2.45) is 0 Å². The summed E-state index contributed by atoms with van der Waals surface area (Å²) in [4.78, 5) is 26.8. The van der Waals surface area contributed by atoms with Gasteiger partial charge >= 0.3 is 12.0 Å². The minimum absolute atomic E-state index is 0.0197. The number of urea groups is 1. The molecule has 0 heterocycles. The van der Waals surface area contributed by atoms with Crippen LogP contribution < -0.4 is 5.32 Å². The van der Waals surface area contributed by atoms with Gasteiger partial charge in [-0.05, 0) is 32.7 Å². The number of carbonyl (C=O) groups is 2. The first-order chi connectivity index (χ1) is 10.1. The number of carboxylic acid groups (broad SMARTS) is 1. The summed E-state index contributed by atoms with van der Waals surface area (Å²) in [7, 11) is 2.12. The second kappa shape index (κ2) is 7.64. The van der Waals surface area contributed by atoms with E-state index in [2.05, 4.69) is 17.3 Å². The number of hydrogen-bond donors (Lipinski definition) is 2. The summed E-state index contributed by atoms with van der Waals surface area (Å²) in [5, 5.41) is 11.7. The molecule has 0 saturated heterocycles. The molecule has 0 atom stereocenters. The summed E-state index contributed by atoms with van der Waals surface area (Å²) in [5.41, 5.74) is 0. The van der Waals surface area contributed by atoms with Crippen molar-refractivity contribution in [2.75, 3.05) is 26.7 Å². The van der Waals surface area contributed by atoms with E-state index in [1.165, 1.54) is 25.7 Å². The molecule has 0 aromatic heterocycles. The highest BCUT2D eigenvalue weighted by atomic mass is 16.4. The average molecular weight is 297 g/mol. The van der Waals surface area contributed by atoms with Gasteiger partial charge in [-0.3, -0.25) is 4.79 Å². The predicted octanol–water partition coefficient (Wildman–Crippen LogP) is 1.51. The summed E-state index contributed by atoms with van der Waals surface area (Å²) in [5.74, 6) is -0.852. The number of likely N-dealkylation sites (N-methyl/N-ethyl adjacent to an activating group) is 1. The van der Waals surface area contributed by atoms with Crippen LogP contribution in [0.3, 0.4) is 0 Å². The Balaban J connectivity index is 1.67. The van der Waals surface area contributed by atoms with Crippen molar-refractivity contribution in [2.45, 2.75) is 57.0 Å². The van der Waals surface area contributed by atoms with Gasteiger partial charge in [-0.2, -0.15) is 0 Å². The molecule has 0 aromatic rings. The van der Waals surface area contributed by atoms with E-state index in [0.717, 1.165) is 19.4 Å². The van der Waals surface area contributed by atoms with Crippen LogP contribution in [0.4, 0.5) is 4.79 Å². The van der Waals surface area contributed by atoms with Crippen molar-refractivity contribution in [1.82, 2.24) is 15.1 Å². The lowest BCUT2D eigenvalue weighted by Crippen LogP contribution is -2.45. The highest BCUT2D eigenvalue weighted by Crippen LogP contribution is 2.27. The molecule has 21 heavy (non-hydrogen) atoms. The Bertz CT molecular complexity index is 365. The first kappa shape index (κ1) is 16.1. The second-order valence-electron chi connectivity index (χ2n) is 6.22. The van der Waals surface area contributed by atoms with Gasteiger partial charge in [0.25, 0.3) is 0 Å². The number of amides is 2. The molecule has 0 aromatic carbocycles. The zero-order valence-corrected chi connectivity index (χ0v) is 12.9. The molecule has 0 radical (unpaired) electrons. The van der Waals surface area contributed by atoms with Crippen molar-refractivity contribution >= 4 is 12.0 Å². The summed E-state index contributed by atoms with van der Waals surface area (Å²) >= 11 is 0. The Morgan fingerprint density at radius 3 is 2.33 bits per heavy atom. The van der Waals surface area contributed by atoms with Crippen molar-refractivity contribution in [3.8, 4) is 0 Å². The van der Waals surface area contributed by atoms with E-state index >= 15 is 0 Å². The number of hydrogen-bond acceptors (Lipinski definition) is 3. The summed E-state index contributed by atoms with van der Waals surface area (Å²) < 4.78 is 0. The van der Waals surface area contributed by atoms with Gasteiger partial charge in [0.05, 0.1) is 6.42 Å². The van der Waals surface area contributed by atoms with E-state index in [9.17, 15) is 9.59 Å². The lowest BCUT2D eigenvalue weighted by molar-refractivity contribution is -0.137. The van der Waals surface area contributed by atoms with Crippen LogP contribution in [-0.2, 0) is 4.79 Å². The highest BCUT2D eigenvalue weighted by molar-refractivity contribution is 5.76.